The molecule has 6 heteroatoms. The van der Waals surface area contributed by atoms with Crippen LogP contribution in [0, 0.1) is 0 Å². The van der Waals surface area contributed by atoms with Crippen molar-refractivity contribution in [2.24, 2.45) is 0 Å². The van der Waals surface area contributed by atoms with Crippen molar-refractivity contribution in [1.82, 2.24) is 4.98 Å². The Labute approximate surface area is 144 Å². The van der Waals surface area contributed by atoms with Crippen molar-refractivity contribution in [2.45, 2.75) is 0 Å². The zero-order chi connectivity index (χ0) is 15.5. The quantitative estimate of drug-likeness (QED) is 0.688. The highest BCUT2D eigenvalue weighted by atomic mass is 35.5. The molecule has 0 saturated carbocycles. The van der Waals surface area contributed by atoms with Crippen LogP contribution < -0.4 is 5.32 Å². The fourth-order valence-electron chi connectivity index (χ4n) is 2.19. The summed E-state index contributed by atoms with van der Waals surface area (Å²) in [6, 6.07) is 14.6. The number of hydrogen-bond acceptors (Lipinski definition) is 4. The first-order valence-electron chi connectivity index (χ1n) is 6.67. The van der Waals surface area contributed by atoms with E-state index in [1.807, 2.05) is 36.4 Å². The molecule has 0 amide bonds. The van der Waals surface area contributed by atoms with Crippen molar-refractivity contribution in [2.75, 3.05) is 12.4 Å². The molecule has 0 saturated heterocycles. The van der Waals surface area contributed by atoms with Crippen molar-refractivity contribution >= 4 is 52.3 Å². The molecule has 118 valence electrons. The SMILES string of the molecule is COC(=O)c1ccc(Nc2ccnc3cc(Cl)ccc23)cc1.Cl. The molecular formula is C17H14Cl2N2O2. The third-order valence-electron chi connectivity index (χ3n) is 3.29. The largest absolute Gasteiger partial charge is 0.465 e. The minimum atomic E-state index is -0.351. The number of carbonyl (C=O) groups is 1. The molecule has 1 N–H and O–H groups in total. The molecule has 0 unspecified atom stereocenters. The summed E-state index contributed by atoms with van der Waals surface area (Å²) in [6.07, 6.45) is 1.73. The maximum absolute atomic E-state index is 11.4. The molecule has 0 spiro atoms. The highest BCUT2D eigenvalue weighted by Gasteiger charge is 2.06. The van der Waals surface area contributed by atoms with Crippen molar-refractivity contribution in [3.05, 3.63) is 65.3 Å². The first kappa shape index (κ1) is 17.1. The van der Waals surface area contributed by atoms with E-state index < -0.39 is 0 Å². The average molecular weight is 349 g/mol. The lowest BCUT2D eigenvalue weighted by Gasteiger charge is -2.10. The van der Waals surface area contributed by atoms with Crippen LogP contribution in [0.1, 0.15) is 10.4 Å². The van der Waals surface area contributed by atoms with E-state index in [0.717, 1.165) is 22.3 Å². The number of halogens is 2. The van der Waals surface area contributed by atoms with Gasteiger partial charge in [-0.1, -0.05) is 11.6 Å². The Morgan fingerprint density at radius 1 is 1.13 bits per heavy atom. The lowest BCUT2D eigenvalue weighted by atomic mass is 10.1. The van der Waals surface area contributed by atoms with Gasteiger partial charge < -0.3 is 10.1 Å². The number of methoxy groups -OCH3 is 1. The van der Waals surface area contributed by atoms with Crippen LogP contribution in [0.5, 0.6) is 0 Å². The second-order valence-corrected chi connectivity index (χ2v) is 5.15. The van der Waals surface area contributed by atoms with E-state index in [1.54, 1.807) is 18.3 Å². The predicted molar refractivity (Wildman–Crippen MR) is 95.1 cm³/mol. The van der Waals surface area contributed by atoms with E-state index in [9.17, 15) is 4.79 Å². The van der Waals surface area contributed by atoms with Gasteiger partial charge in [-0.05, 0) is 48.5 Å². The Bertz CT molecular complexity index is 836. The molecule has 0 atom stereocenters. The number of fused-ring (bicyclic) bond motifs is 1. The summed E-state index contributed by atoms with van der Waals surface area (Å²) < 4.78 is 4.68. The molecule has 1 heterocycles. The topological polar surface area (TPSA) is 51.2 Å². The van der Waals surface area contributed by atoms with E-state index in [2.05, 4.69) is 15.0 Å². The van der Waals surface area contributed by atoms with Crippen LogP contribution in [0.4, 0.5) is 11.4 Å². The van der Waals surface area contributed by atoms with Gasteiger partial charge in [-0.2, -0.15) is 0 Å². The van der Waals surface area contributed by atoms with Gasteiger partial charge in [-0.15, -0.1) is 12.4 Å². The smallest absolute Gasteiger partial charge is 0.337 e. The molecule has 0 aliphatic carbocycles. The standard InChI is InChI=1S/C17H13ClN2O2.ClH/c1-22-17(21)11-2-5-13(6-3-11)20-15-8-9-19-16-10-12(18)4-7-14(15)16;/h2-10H,1H3,(H,19,20);1H. The van der Waals surface area contributed by atoms with Crippen LogP contribution >= 0.6 is 24.0 Å². The van der Waals surface area contributed by atoms with E-state index in [0.29, 0.717) is 10.6 Å². The first-order valence-corrected chi connectivity index (χ1v) is 7.05. The van der Waals surface area contributed by atoms with E-state index >= 15 is 0 Å². The molecule has 0 aliphatic rings. The number of ether oxygens (including phenoxy) is 1. The Morgan fingerprint density at radius 3 is 2.57 bits per heavy atom. The van der Waals surface area contributed by atoms with E-state index in [-0.39, 0.29) is 18.4 Å². The second-order valence-electron chi connectivity index (χ2n) is 4.71. The number of nitrogens with zero attached hydrogens (tertiary/aromatic N) is 1. The van der Waals surface area contributed by atoms with Gasteiger partial charge in [0.25, 0.3) is 0 Å². The third-order valence-corrected chi connectivity index (χ3v) is 3.52. The Hall–Kier alpha value is -2.30. The molecule has 0 aliphatic heterocycles. The van der Waals surface area contributed by atoms with Gasteiger partial charge in [0.05, 0.1) is 18.2 Å². The van der Waals surface area contributed by atoms with Crippen LogP contribution in [0.15, 0.2) is 54.7 Å². The number of carbonyl (C=O) groups excluding carboxylic acids is 1. The summed E-state index contributed by atoms with van der Waals surface area (Å²) in [5.41, 5.74) is 3.13. The summed E-state index contributed by atoms with van der Waals surface area (Å²) in [4.78, 5) is 15.7. The van der Waals surface area contributed by atoms with Gasteiger partial charge in [0.15, 0.2) is 0 Å². The zero-order valence-electron chi connectivity index (χ0n) is 12.2. The number of rotatable bonds is 3. The van der Waals surface area contributed by atoms with Crippen molar-refractivity contribution in [3.63, 3.8) is 0 Å². The summed E-state index contributed by atoms with van der Waals surface area (Å²) in [5.74, 6) is -0.351. The summed E-state index contributed by atoms with van der Waals surface area (Å²) in [5, 5.41) is 4.94. The van der Waals surface area contributed by atoms with Crippen LogP contribution in [0.2, 0.25) is 5.02 Å². The lowest BCUT2D eigenvalue weighted by molar-refractivity contribution is 0.0601. The number of aromatic nitrogens is 1. The fourth-order valence-corrected chi connectivity index (χ4v) is 2.36. The van der Waals surface area contributed by atoms with E-state index in [4.69, 9.17) is 11.6 Å². The fraction of sp³-hybridized carbons (Fsp3) is 0.0588. The minimum Gasteiger partial charge on any atom is -0.465 e. The molecule has 3 rings (SSSR count). The normalized spacial score (nSPS) is 10.0. The summed E-state index contributed by atoms with van der Waals surface area (Å²) in [7, 11) is 1.36. The van der Waals surface area contributed by atoms with Crippen LogP contribution in [0.3, 0.4) is 0 Å². The maximum atomic E-state index is 11.4. The van der Waals surface area contributed by atoms with Crippen molar-refractivity contribution < 1.29 is 9.53 Å². The monoisotopic (exact) mass is 348 g/mol. The van der Waals surface area contributed by atoms with E-state index in [1.165, 1.54) is 7.11 Å². The maximum Gasteiger partial charge on any atom is 0.337 e. The van der Waals surface area contributed by atoms with Gasteiger partial charge in [0, 0.05) is 28.0 Å². The van der Waals surface area contributed by atoms with Gasteiger partial charge in [-0.25, -0.2) is 4.79 Å². The summed E-state index contributed by atoms with van der Waals surface area (Å²) >= 11 is 5.99. The number of pyridine rings is 1. The number of nitrogens with one attached hydrogen (secondary N) is 1. The number of esters is 1. The van der Waals surface area contributed by atoms with Crippen molar-refractivity contribution in [1.29, 1.82) is 0 Å². The van der Waals surface area contributed by atoms with Gasteiger partial charge >= 0.3 is 5.97 Å². The highest BCUT2D eigenvalue weighted by molar-refractivity contribution is 6.31. The number of anilines is 2. The molecule has 3 aromatic rings. The Morgan fingerprint density at radius 2 is 1.87 bits per heavy atom. The number of benzene rings is 2. The molecule has 0 bridgehead atoms. The predicted octanol–water partition coefficient (Wildman–Crippen LogP) is 4.84. The van der Waals surface area contributed by atoms with Crippen LogP contribution in [0.25, 0.3) is 10.9 Å². The van der Waals surface area contributed by atoms with Crippen LogP contribution in [-0.4, -0.2) is 18.1 Å². The van der Waals surface area contributed by atoms with Gasteiger partial charge in [0.2, 0.25) is 0 Å². The Kier molecular flexibility index (Phi) is 5.42. The van der Waals surface area contributed by atoms with Gasteiger partial charge in [-0.3, -0.25) is 4.98 Å². The molecule has 1 aromatic heterocycles. The molecule has 4 nitrogen and oxygen atoms in total. The molecular weight excluding hydrogens is 335 g/mol. The minimum absolute atomic E-state index is 0. The lowest BCUT2D eigenvalue weighted by Crippen LogP contribution is -2.01. The van der Waals surface area contributed by atoms with Gasteiger partial charge in [0.1, 0.15) is 0 Å². The second kappa shape index (κ2) is 7.31. The molecule has 0 radical (unpaired) electrons. The zero-order valence-corrected chi connectivity index (χ0v) is 13.8. The molecule has 23 heavy (non-hydrogen) atoms. The molecule has 2 aromatic carbocycles. The van der Waals surface area contributed by atoms with Crippen LogP contribution in [-0.2, 0) is 4.74 Å². The number of hydrogen-bond donors (Lipinski definition) is 1. The molecule has 0 fully saturated rings. The highest BCUT2D eigenvalue weighted by Crippen LogP contribution is 2.27. The first-order chi connectivity index (χ1) is 10.7. The third kappa shape index (κ3) is 3.73. The average Bonchev–Trinajstić information content (AvgIpc) is 2.55. The summed E-state index contributed by atoms with van der Waals surface area (Å²) in [6.45, 7) is 0. The van der Waals surface area contributed by atoms with Crippen molar-refractivity contribution in [3.8, 4) is 0 Å². The Balaban J connectivity index is 0.00000192.